The van der Waals surface area contributed by atoms with E-state index in [-0.39, 0.29) is 12.6 Å². The Bertz CT molecular complexity index is 1230. The predicted molar refractivity (Wildman–Crippen MR) is 128 cm³/mol. The lowest BCUT2D eigenvalue weighted by atomic mass is 9.91. The second kappa shape index (κ2) is 9.25. The molecule has 0 spiro atoms. The van der Waals surface area contributed by atoms with Crippen LogP contribution in [0.2, 0.25) is 0 Å². The van der Waals surface area contributed by atoms with Gasteiger partial charge in [-0.3, -0.25) is 14.5 Å². The molecule has 0 aliphatic carbocycles. The van der Waals surface area contributed by atoms with Crippen molar-refractivity contribution in [3.8, 4) is 23.0 Å². The van der Waals surface area contributed by atoms with Crippen LogP contribution in [0.25, 0.3) is 0 Å². The molecule has 3 aliphatic heterocycles. The van der Waals surface area contributed by atoms with Gasteiger partial charge in [0.05, 0.1) is 6.61 Å². The minimum Gasteiger partial charge on any atom is -0.494 e. The van der Waals surface area contributed by atoms with E-state index in [0.29, 0.717) is 42.6 Å². The third kappa shape index (κ3) is 4.27. The van der Waals surface area contributed by atoms with E-state index in [1.54, 1.807) is 25.1 Å². The van der Waals surface area contributed by atoms with Crippen LogP contribution in [-0.4, -0.2) is 55.2 Å². The Morgan fingerprint density at radius 1 is 1.17 bits per heavy atom. The van der Waals surface area contributed by atoms with Gasteiger partial charge in [0.1, 0.15) is 42.9 Å². The van der Waals surface area contributed by atoms with Crippen molar-refractivity contribution in [2.45, 2.75) is 45.4 Å². The summed E-state index contributed by atoms with van der Waals surface area (Å²) in [5.41, 5.74) is 1.04. The van der Waals surface area contributed by atoms with Gasteiger partial charge < -0.3 is 29.6 Å². The molecule has 5 rings (SSSR count). The van der Waals surface area contributed by atoms with Crippen molar-refractivity contribution in [1.82, 2.24) is 15.5 Å². The summed E-state index contributed by atoms with van der Waals surface area (Å²) in [4.78, 5) is 39.6. The summed E-state index contributed by atoms with van der Waals surface area (Å²) < 4.78 is 22.7. The molecule has 2 N–H and O–H groups in total. The highest BCUT2D eigenvalue weighted by Crippen LogP contribution is 2.37. The molecular formula is C26H29N3O7. The molecule has 0 bridgehead atoms. The normalized spacial score (nSPS) is 22.1. The molecule has 0 unspecified atom stereocenters. The summed E-state index contributed by atoms with van der Waals surface area (Å²) in [6, 6.07) is 8.28. The van der Waals surface area contributed by atoms with Gasteiger partial charge in [-0.15, -0.1) is 0 Å². The monoisotopic (exact) mass is 495 g/mol. The first kappa shape index (κ1) is 23.8. The van der Waals surface area contributed by atoms with Gasteiger partial charge in [0.15, 0.2) is 11.5 Å². The molecular weight excluding hydrogens is 466 g/mol. The first-order valence-electron chi connectivity index (χ1n) is 12.0. The van der Waals surface area contributed by atoms with Crippen LogP contribution in [-0.2, 0) is 28.1 Å². The Morgan fingerprint density at radius 2 is 1.94 bits per heavy atom. The third-order valence-corrected chi connectivity index (χ3v) is 6.55. The largest absolute Gasteiger partial charge is 0.494 e. The maximum absolute atomic E-state index is 13.3. The van der Waals surface area contributed by atoms with Gasteiger partial charge in [-0.25, -0.2) is 4.79 Å². The summed E-state index contributed by atoms with van der Waals surface area (Å²) in [7, 11) is 0. The van der Waals surface area contributed by atoms with Crippen molar-refractivity contribution in [2.24, 2.45) is 0 Å². The number of urea groups is 1. The van der Waals surface area contributed by atoms with Crippen LogP contribution in [0.4, 0.5) is 4.79 Å². The lowest BCUT2D eigenvalue weighted by Gasteiger charge is -2.25. The van der Waals surface area contributed by atoms with Crippen molar-refractivity contribution in [3.63, 3.8) is 0 Å². The Labute approximate surface area is 208 Å². The quantitative estimate of drug-likeness (QED) is 0.566. The Kier molecular flexibility index (Phi) is 6.11. The first-order chi connectivity index (χ1) is 17.3. The van der Waals surface area contributed by atoms with E-state index in [9.17, 15) is 14.4 Å². The Balaban J connectivity index is 1.26. The molecule has 0 saturated carbocycles. The highest BCUT2D eigenvalue weighted by Gasteiger charge is 2.49. The first-order valence-corrected chi connectivity index (χ1v) is 12.0. The molecule has 10 heteroatoms. The van der Waals surface area contributed by atoms with Gasteiger partial charge in [0.25, 0.3) is 5.91 Å². The number of nitrogens with zero attached hydrogens (tertiary/aromatic N) is 1. The van der Waals surface area contributed by atoms with Crippen LogP contribution < -0.4 is 29.6 Å². The van der Waals surface area contributed by atoms with Crippen molar-refractivity contribution >= 4 is 17.8 Å². The van der Waals surface area contributed by atoms with E-state index in [1.807, 2.05) is 26.0 Å². The molecule has 0 aromatic heterocycles. The fourth-order valence-corrected chi connectivity index (χ4v) is 4.69. The molecule has 3 heterocycles. The third-order valence-electron chi connectivity index (χ3n) is 6.55. The van der Waals surface area contributed by atoms with E-state index in [1.165, 1.54) is 0 Å². The number of hydrogen-bond acceptors (Lipinski definition) is 7. The SMILES string of the molecule is CCOc1cc2c(cc1CNC(=O)CN1C(=O)N[C@@](C)(c3ccc4c(c3)OCCO4)C1=O)O[C@@H](C)C2. The maximum atomic E-state index is 13.3. The number of ether oxygens (including phenoxy) is 4. The average Bonchev–Trinajstić information content (AvgIpc) is 3.33. The molecule has 2 aromatic rings. The number of rotatable bonds is 7. The van der Waals surface area contributed by atoms with Crippen LogP contribution in [0.5, 0.6) is 23.0 Å². The number of fused-ring (bicyclic) bond motifs is 2. The van der Waals surface area contributed by atoms with E-state index < -0.39 is 29.9 Å². The minimum atomic E-state index is -1.33. The zero-order valence-corrected chi connectivity index (χ0v) is 20.5. The summed E-state index contributed by atoms with van der Waals surface area (Å²) in [6.45, 7) is 6.60. The molecule has 2 atom stereocenters. The van der Waals surface area contributed by atoms with Gasteiger partial charge in [-0.1, -0.05) is 6.07 Å². The van der Waals surface area contributed by atoms with E-state index in [0.717, 1.165) is 28.2 Å². The zero-order chi connectivity index (χ0) is 25.4. The highest BCUT2D eigenvalue weighted by molar-refractivity contribution is 6.09. The Hall–Kier alpha value is -3.95. The number of benzene rings is 2. The summed E-state index contributed by atoms with van der Waals surface area (Å²) in [5, 5.41) is 5.51. The van der Waals surface area contributed by atoms with Crippen LogP contribution in [0.15, 0.2) is 30.3 Å². The molecule has 1 fully saturated rings. The second-order valence-corrected chi connectivity index (χ2v) is 9.21. The van der Waals surface area contributed by atoms with E-state index in [2.05, 4.69) is 10.6 Å². The maximum Gasteiger partial charge on any atom is 0.325 e. The van der Waals surface area contributed by atoms with Gasteiger partial charge in [-0.2, -0.15) is 0 Å². The van der Waals surface area contributed by atoms with Crippen LogP contribution >= 0.6 is 0 Å². The van der Waals surface area contributed by atoms with Crippen LogP contribution in [0.1, 0.15) is 37.5 Å². The minimum absolute atomic E-state index is 0.0857. The van der Waals surface area contributed by atoms with Crippen molar-refractivity contribution in [1.29, 1.82) is 0 Å². The lowest BCUT2D eigenvalue weighted by Crippen LogP contribution is -2.43. The molecule has 2 aromatic carbocycles. The average molecular weight is 496 g/mol. The summed E-state index contributed by atoms with van der Waals surface area (Å²) in [6.07, 6.45) is 0.888. The molecule has 1 saturated heterocycles. The summed E-state index contributed by atoms with van der Waals surface area (Å²) >= 11 is 0. The van der Waals surface area contributed by atoms with E-state index >= 15 is 0 Å². The van der Waals surface area contributed by atoms with Crippen molar-refractivity contribution in [3.05, 3.63) is 47.0 Å². The highest BCUT2D eigenvalue weighted by atomic mass is 16.6. The number of imide groups is 1. The number of carbonyl (C=O) groups is 3. The molecule has 4 amide bonds. The number of carbonyl (C=O) groups excluding carboxylic acids is 3. The van der Waals surface area contributed by atoms with Gasteiger partial charge >= 0.3 is 6.03 Å². The van der Waals surface area contributed by atoms with Crippen LogP contribution in [0.3, 0.4) is 0 Å². The van der Waals surface area contributed by atoms with Gasteiger partial charge in [-0.05, 0) is 50.6 Å². The van der Waals surface area contributed by atoms with Gasteiger partial charge in [0.2, 0.25) is 5.91 Å². The molecule has 36 heavy (non-hydrogen) atoms. The predicted octanol–water partition coefficient (Wildman–Crippen LogP) is 2.26. The van der Waals surface area contributed by atoms with Gasteiger partial charge in [0, 0.05) is 24.1 Å². The second-order valence-electron chi connectivity index (χ2n) is 9.21. The Morgan fingerprint density at radius 3 is 2.72 bits per heavy atom. The smallest absolute Gasteiger partial charge is 0.325 e. The summed E-state index contributed by atoms with van der Waals surface area (Å²) in [5.74, 6) is 1.56. The van der Waals surface area contributed by atoms with Crippen LogP contribution in [0, 0.1) is 0 Å². The molecule has 0 radical (unpaired) electrons. The topological polar surface area (TPSA) is 115 Å². The zero-order valence-electron chi connectivity index (χ0n) is 20.5. The molecule has 10 nitrogen and oxygen atoms in total. The molecule has 3 aliphatic rings. The number of hydrogen-bond donors (Lipinski definition) is 2. The van der Waals surface area contributed by atoms with Crippen molar-refractivity contribution < 1.29 is 33.3 Å². The van der Waals surface area contributed by atoms with E-state index in [4.69, 9.17) is 18.9 Å². The fourth-order valence-electron chi connectivity index (χ4n) is 4.69. The number of amides is 4. The molecule has 190 valence electrons. The standard InChI is InChI=1S/C26H29N3O7/c1-4-33-20-10-16-9-15(2)36-21(16)11-17(20)13-27-23(30)14-29-24(31)26(3,28-25(29)32)18-5-6-19-22(12-18)35-8-7-34-19/h5-6,10-12,15H,4,7-9,13-14H2,1-3H3,(H,27,30)(H,28,32)/t15-,26-/m0/s1. The fraction of sp³-hybridized carbons (Fsp3) is 0.423. The lowest BCUT2D eigenvalue weighted by molar-refractivity contribution is -0.134. The van der Waals surface area contributed by atoms with Crippen molar-refractivity contribution in [2.75, 3.05) is 26.4 Å². The number of nitrogens with one attached hydrogen (secondary N) is 2.